The summed E-state index contributed by atoms with van der Waals surface area (Å²) in [5.74, 6) is -0.727. The molecule has 1 unspecified atom stereocenters. The maximum Gasteiger partial charge on any atom is 0.337 e. The van der Waals surface area contributed by atoms with Gasteiger partial charge in [0.15, 0.2) is 0 Å². The van der Waals surface area contributed by atoms with Gasteiger partial charge < -0.3 is 10.1 Å². The zero-order valence-electron chi connectivity index (χ0n) is 12.2. The number of hydrogen-bond acceptors (Lipinski definition) is 4. The van der Waals surface area contributed by atoms with Crippen LogP contribution >= 0.6 is 0 Å². The van der Waals surface area contributed by atoms with E-state index in [1.165, 1.54) is 7.11 Å². The van der Waals surface area contributed by atoms with Gasteiger partial charge in [-0.25, -0.2) is 4.79 Å². The second-order valence-electron chi connectivity index (χ2n) is 4.97. The van der Waals surface area contributed by atoms with Gasteiger partial charge in [0.2, 0.25) is 5.91 Å². The number of hydrogen-bond donors (Lipinski definition) is 1. The number of benzene rings is 1. The van der Waals surface area contributed by atoms with Gasteiger partial charge >= 0.3 is 5.97 Å². The van der Waals surface area contributed by atoms with Gasteiger partial charge in [-0.1, -0.05) is 19.1 Å². The summed E-state index contributed by atoms with van der Waals surface area (Å²) in [6.45, 7) is 3.57. The van der Waals surface area contributed by atoms with Crippen LogP contribution in [0.3, 0.4) is 0 Å². The average Bonchev–Trinajstić information content (AvgIpc) is 2.78. The minimum Gasteiger partial charge on any atom is -0.465 e. The summed E-state index contributed by atoms with van der Waals surface area (Å²) in [4.78, 5) is 24.0. The van der Waals surface area contributed by atoms with Gasteiger partial charge in [-0.3, -0.25) is 4.79 Å². The van der Waals surface area contributed by atoms with Crippen molar-refractivity contribution in [2.75, 3.05) is 7.11 Å². The van der Waals surface area contributed by atoms with Crippen LogP contribution in [0.25, 0.3) is 0 Å². The Morgan fingerprint density at radius 3 is 2.76 bits per heavy atom. The van der Waals surface area contributed by atoms with E-state index in [1.54, 1.807) is 31.2 Å². The van der Waals surface area contributed by atoms with E-state index in [-0.39, 0.29) is 5.91 Å². The van der Waals surface area contributed by atoms with Crippen LogP contribution in [0.1, 0.15) is 36.2 Å². The normalized spacial score (nSPS) is 21.0. The van der Waals surface area contributed by atoms with Gasteiger partial charge in [0, 0.05) is 5.70 Å². The summed E-state index contributed by atoms with van der Waals surface area (Å²) in [6.07, 6.45) is 0.570. The Bertz CT molecular complexity index is 685. The van der Waals surface area contributed by atoms with Crippen molar-refractivity contribution in [2.45, 2.75) is 25.7 Å². The van der Waals surface area contributed by atoms with E-state index >= 15 is 0 Å². The first-order valence-corrected chi connectivity index (χ1v) is 6.63. The number of allylic oxidation sites excluding steroid dienone is 1. The molecule has 1 aliphatic heterocycles. The molecule has 5 heteroatoms. The van der Waals surface area contributed by atoms with Crippen molar-refractivity contribution in [3.05, 3.63) is 46.7 Å². The predicted molar refractivity (Wildman–Crippen MR) is 76.2 cm³/mol. The number of esters is 1. The van der Waals surface area contributed by atoms with Crippen molar-refractivity contribution >= 4 is 11.9 Å². The Balaban J connectivity index is 2.59. The highest BCUT2D eigenvalue weighted by molar-refractivity contribution is 5.98. The van der Waals surface area contributed by atoms with E-state index in [1.807, 2.05) is 6.92 Å². The molecule has 0 spiro atoms. The number of nitriles is 1. The van der Waals surface area contributed by atoms with Crippen molar-refractivity contribution < 1.29 is 14.3 Å². The summed E-state index contributed by atoms with van der Waals surface area (Å²) >= 11 is 0. The maximum atomic E-state index is 12.4. The zero-order valence-corrected chi connectivity index (χ0v) is 12.2. The molecule has 0 aromatic heterocycles. The zero-order chi connectivity index (χ0) is 15.6. The number of nitrogens with zero attached hydrogens (tertiary/aromatic N) is 1. The fourth-order valence-electron chi connectivity index (χ4n) is 2.53. The third kappa shape index (κ3) is 2.19. The second-order valence-corrected chi connectivity index (χ2v) is 4.97. The van der Waals surface area contributed by atoms with Crippen LogP contribution in [0, 0.1) is 11.3 Å². The molecule has 21 heavy (non-hydrogen) atoms. The molecule has 0 bridgehead atoms. The van der Waals surface area contributed by atoms with Crippen LogP contribution in [0.15, 0.2) is 35.5 Å². The van der Waals surface area contributed by atoms with E-state index in [9.17, 15) is 14.9 Å². The van der Waals surface area contributed by atoms with Crippen molar-refractivity contribution in [1.82, 2.24) is 5.32 Å². The lowest BCUT2D eigenvalue weighted by molar-refractivity contribution is -0.123. The van der Waals surface area contributed by atoms with E-state index < -0.39 is 11.4 Å². The maximum absolute atomic E-state index is 12.4. The SMILES string of the molecule is CCC1=C(C#N)C(C)(c2cccc(C(=O)OC)c2)C(=O)N1. The van der Waals surface area contributed by atoms with Crippen LogP contribution in [0.5, 0.6) is 0 Å². The van der Waals surface area contributed by atoms with Crippen LogP contribution in [-0.2, 0) is 14.9 Å². The van der Waals surface area contributed by atoms with Crippen molar-refractivity contribution in [3.8, 4) is 6.07 Å². The Hall–Kier alpha value is -2.61. The summed E-state index contributed by atoms with van der Waals surface area (Å²) < 4.78 is 4.69. The standard InChI is InChI=1S/C16H16N2O3/c1-4-13-12(9-17)16(2,15(20)18-13)11-7-5-6-10(8-11)14(19)21-3/h5-8H,4H2,1-3H3,(H,18,20). The number of carbonyl (C=O) groups excluding carboxylic acids is 2. The average molecular weight is 284 g/mol. The highest BCUT2D eigenvalue weighted by Gasteiger charge is 2.46. The molecular formula is C16H16N2O3. The molecule has 0 radical (unpaired) electrons. The van der Waals surface area contributed by atoms with E-state index in [0.717, 1.165) is 0 Å². The fourth-order valence-corrected chi connectivity index (χ4v) is 2.53. The molecule has 1 aliphatic rings. The van der Waals surface area contributed by atoms with Gasteiger partial charge in [-0.15, -0.1) is 0 Å². The van der Waals surface area contributed by atoms with Crippen molar-refractivity contribution in [1.29, 1.82) is 5.26 Å². The van der Waals surface area contributed by atoms with Crippen LogP contribution in [-0.4, -0.2) is 19.0 Å². The van der Waals surface area contributed by atoms with Crippen LogP contribution in [0.2, 0.25) is 0 Å². The molecule has 2 rings (SSSR count). The Morgan fingerprint density at radius 2 is 2.19 bits per heavy atom. The smallest absolute Gasteiger partial charge is 0.337 e. The van der Waals surface area contributed by atoms with Crippen LogP contribution < -0.4 is 5.32 Å². The molecule has 0 aliphatic carbocycles. The number of carbonyl (C=O) groups is 2. The quantitative estimate of drug-likeness (QED) is 0.861. The molecule has 0 saturated carbocycles. The Labute approximate surface area is 123 Å². The molecule has 108 valence electrons. The molecule has 0 fully saturated rings. The Kier molecular flexibility index (Phi) is 3.81. The number of methoxy groups -OCH3 is 1. The first-order chi connectivity index (χ1) is 9.98. The minimum absolute atomic E-state index is 0.252. The third-order valence-electron chi connectivity index (χ3n) is 3.85. The highest BCUT2D eigenvalue weighted by atomic mass is 16.5. The number of rotatable bonds is 3. The predicted octanol–water partition coefficient (Wildman–Crippen LogP) is 2.05. The fraction of sp³-hybridized carbons (Fsp3) is 0.312. The van der Waals surface area contributed by atoms with Gasteiger partial charge in [-0.05, 0) is 31.0 Å². The number of nitrogens with one attached hydrogen (secondary N) is 1. The molecular weight excluding hydrogens is 268 g/mol. The topological polar surface area (TPSA) is 79.2 Å². The van der Waals surface area contributed by atoms with Crippen LogP contribution in [0.4, 0.5) is 0 Å². The van der Waals surface area contributed by atoms with Gasteiger partial charge in [0.05, 0.1) is 24.3 Å². The van der Waals surface area contributed by atoms with E-state index in [2.05, 4.69) is 11.4 Å². The molecule has 0 saturated heterocycles. The van der Waals surface area contributed by atoms with E-state index in [4.69, 9.17) is 4.74 Å². The van der Waals surface area contributed by atoms with Gasteiger partial charge in [0.25, 0.3) is 0 Å². The molecule has 1 amide bonds. The molecule has 1 atom stereocenters. The minimum atomic E-state index is -1.08. The number of amides is 1. The monoisotopic (exact) mass is 284 g/mol. The first-order valence-electron chi connectivity index (χ1n) is 6.63. The van der Waals surface area contributed by atoms with Gasteiger partial charge in [0.1, 0.15) is 5.41 Å². The summed E-state index contributed by atoms with van der Waals surface area (Å²) in [6, 6.07) is 8.76. The van der Waals surface area contributed by atoms with Crippen molar-refractivity contribution in [3.63, 3.8) is 0 Å². The lowest BCUT2D eigenvalue weighted by atomic mass is 9.76. The lowest BCUT2D eigenvalue weighted by Crippen LogP contribution is -2.35. The molecule has 1 heterocycles. The van der Waals surface area contributed by atoms with Crippen molar-refractivity contribution in [2.24, 2.45) is 0 Å². The molecule has 5 nitrogen and oxygen atoms in total. The largest absolute Gasteiger partial charge is 0.465 e. The molecule has 1 N–H and O–H groups in total. The first kappa shape index (κ1) is 14.8. The lowest BCUT2D eigenvalue weighted by Gasteiger charge is -2.22. The highest BCUT2D eigenvalue weighted by Crippen LogP contribution is 2.38. The third-order valence-corrected chi connectivity index (χ3v) is 3.85. The Morgan fingerprint density at radius 1 is 1.48 bits per heavy atom. The molecule has 1 aromatic rings. The van der Waals surface area contributed by atoms with Gasteiger partial charge in [-0.2, -0.15) is 5.26 Å². The van der Waals surface area contributed by atoms with E-state index in [0.29, 0.717) is 28.8 Å². The summed E-state index contributed by atoms with van der Waals surface area (Å²) in [5, 5.41) is 12.2. The molecule has 1 aromatic carbocycles. The summed E-state index contributed by atoms with van der Waals surface area (Å²) in [7, 11) is 1.30. The number of ether oxygens (including phenoxy) is 1. The summed E-state index contributed by atoms with van der Waals surface area (Å²) in [5.41, 5.74) is 0.907. The second kappa shape index (κ2) is 5.41.